The fraction of sp³-hybridized carbons (Fsp3) is 0. The SMILES string of the molecule is O=c1[nH]ccn1-c1cc(Cl)ccc1[N+](=O)[O-]. The zero-order valence-corrected chi connectivity index (χ0v) is 8.64. The number of H-pyrrole nitrogens is 1. The molecule has 0 saturated carbocycles. The molecule has 0 amide bonds. The van der Waals surface area contributed by atoms with Gasteiger partial charge >= 0.3 is 5.69 Å². The molecule has 0 saturated heterocycles. The highest BCUT2D eigenvalue weighted by atomic mass is 35.5. The van der Waals surface area contributed by atoms with Gasteiger partial charge in [0, 0.05) is 23.5 Å². The fourth-order valence-electron chi connectivity index (χ4n) is 1.35. The molecule has 1 aromatic heterocycles. The van der Waals surface area contributed by atoms with Gasteiger partial charge < -0.3 is 4.98 Å². The Morgan fingerprint density at radius 2 is 2.19 bits per heavy atom. The number of nitro benzene ring substituents is 1. The minimum atomic E-state index is -0.564. The predicted molar refractivity (Wildman–Crippen MR) is 58.1 cm³/mol. The molecule has 0 aliphatic rings. The van der Waals surface area contributed by atoms with Gasteiger partial charge in [-0.15, -0.1) is 0 Å². The molecular weight excluding hydrogens is 234 g/mol. The second-order valence-corrected chi connectivity index (χ2v) is 3.46. The molecule has 6 nitrogen and oxygen atoms in total. The molecule has 1 N–H and O–H groups in total. The third-order valence-electron chi connectivity index (χ3n) is 2.04. The number of nitrogens with zero attached hydrogens (tertiary/aromatic N) is 2. The summed E-state index contributed by atoms with van der Waals surface area (Å²) in [4.78, 5) is 24.0. The lowest BCUT2D eigenvalue weighted by Gasteiger charge is -2.02. The van der Waals surface area contributed by atoms with Gasteiger partial charge in [-0.25, -0.2) is 4.79 Å². The van der Waals surface area contributed by atoms with Crippen LogP contribution in [0.25, 0.3) is 5.69 Å². The van der Waals surface area contributed by atoms with E-state index in [1.54, 1.807) is 0 Å². The zero-order valence-electron chi connectivity index (χ0n) is 7.88. The van der Waals surface area contributed by atoms with Crippen LogP contribution in [0.15, 0.2) is 35.4 Å². The summed E-state index contributed by atoms with van der Waals surface area (Å²) >= 11 is 5.74. The Bertz CT molecular complexity index is 602. The van der Waals surface area contributed by atoms with Crippen molar-refractivity contribution in [2.24, 2.45) is 0 Å². The highest BCUT2D eigenvalue weighted by Gasteiger charge is 2.16. The summed E-state index contributed by atoms with van der Waals surface area (Å²) in [5.74, 6) is 0. The predicted octanol–water partition coefficient (Wildman–Crippen LogP) is 1.73. The van der Waals surface area contributed by atoms with E-state index >= 15 is 0 Å². The highest BCUT2D eigenvalue weighted by Crippen LogP contribution is 2.24. The number of aromatic nitrogens is 2. The smallest absolute Gasteiger partial charge is 0.312 e. The number of nitrogens with one attached hydrogen (secondary N) is 1. The van der Waals surface area contributed by atoms with Crippen LogP contribution in [0.5, 0.6) is 0 Å². The van der Waals surface area contributed by atoms with Crippen molar-refractivity contribution in [1.82, 2.24) is 9.55 Å². The van der Waals surface area contributed by atoms with Gasteiger partial charge in [0.15, 0.2) is 0 Å². The van der Waals surface area contributed by atoms with Crippen LogP contribution in [0.1, 0.15) is 0 Å². The molecule has 2 rings (SSSR count). The number of hydrogen-bond donors (Lipinski definition) is 1. The Morgan fingerprint density at radius 3 is 2.75 bits per heavy atom. The number of halogens is 1. The Labute approximate surface area is 94.2 Å². The molecule has 0 radical (unpaired) electrons. The molecule has 0 spiro atoms. The third kappa shape index (κ3) is 1.70. The summed E-state index contributed by atoms with van der Waals surface area (Å²) in [6.45, 7) is 0. The lowest BCUT2D eigenvalue weighted by molar-refractivity contribution is -0.384. The molecule has 2 aromatic rings. The number of benzene rings is 1. The first-order valence-electron chi connectivity index (χ1n) is 4.30. The van der Waals surface area contributed by atoms with Crippen LogP contribution in [0.2, 0.25) is 5.02 Å². The Hall–Kier alpha value is -2.08. The maximum absolute atomic E-state index is 11.3. The first-order chi connectivity index (χ1) is 7.59. The normalized spacial score (nSPS) is 10.3. The minimum absolute atomic E-state index is 0.142. The van der Waals surface area contributed by atoms with E-state index in [0.29, 0.717) is 5.02 Å². The van der Waals surface area contributed by atoms with E-state index in [2.05, 4.69) is 4.98 Å². The van der Waals surface area contributed by atoms with Gasteiger partial charge in [0.25, 0.3) is 5.69 Å². The van der Waals surface area contributed by atoms with E-state index in [0.717, 1.165) is 4.57 Å². The summed E-state index contributed by atoms with van der Waals surface area (Å²) in [5.41, 5.74) is -0.486. The molecule has 0 atom stereocenters. The van der Waals surface area contributed by atoms with Gasteiger partial charge in [-0.2, -0.15) is 0 Å². The molecule has 16 heavy (non-hydrogen) atoms. The topological polar surface area (TPSA) is 80.9 Å². The van der Waals surface area contributed by atoms with Crippen molar-refractivity contribution < 1.29 is 4.92 Å². The van der Waals surface area contributed by atoms with Gasteiger partial charge in [0.2, 0.25) is 0 Å². The lowest BCUT2D eigenvalue weighted by atomic mass is 10.2. The highest BCUT2D eigenvalue weighted by molar-refractivity contribution is 6.30. The van der Waals surface area contributed by atoms with Gasteiger partial charge in [0.05, 0.1) is 4.92 Å². The second kappa shape index (κ2) is 3.82. The van der Waals surface area contributed by atoms with Crippen LogP contribution in [0.4, 0.5) is 5.69 Å². The van der Waals surface area contributed by atoms with Crippen LogP contribution in [0, 0.1) is 10.1 Å². The average Bonchev–Trinajstić information content (AvgIpc) is 2.63. The van der Waals surface area contributed by atoms with E-state index in [9.17, 15) is 14.9 Å². The van der Waals surface area contributed by atoms with Gasteiger partial charge in [-0.1, -0.05) is 11.6 Å². The van der Waals surface area contributed by atoms with Gasteiger partial charge in [-0.05, 0) is 12.1 Å². The first-order valence-corrected chi connectivity index (χ1v) is 4.68. The Balaban J connectivity index is 2.72. The second-order valence-electron chi connectivity index (χ2n) is 3.03. The molecule has 1 heterocycles. The summed E-state index contributed by atoms with van der Waals surface area (Å²) in [6, 6.07) is 4.03. The molecule has 0 aliphatic carbocycles. The minimum Gasteiger partial charge on any atom is -0.312 e. The van der Waals surface area contributed by atoms with E-state index in [4.69, 9.17) is 11.6 Å². The number of nitro groups is 1. The monoisotopic (exact) mass is 239 g/mol. The van der Waals surface area contributed by atoms with Gasteiger partial charge in [-0.3, -0.25) is 14.7 Å². The average molecular weight is 240 g/mol. The number of hydrogen-bond acceptors (Lipinski definition) is 3. The van der Waals surface area contributed by atoms with Crippen LogP contribution in [0.3, 0.4) is 0 Å². The molecule has 1 aromatic carbocycles. The fourth-order valence-corrected chi connectivity index (χ4v) is 1.52. The zero-order chi connectivity index (χ0) is 11.7. The van der Waals surface area contributed by atoms with Crippen molar-refractivity contribution in [2.45, 2.75) is 0 Å². The van der Waals surface area contributed by atoms with Crippen LogP contribution in [-0.4, -0.2) is 14.5 Å². The molecule has 0 bridgehead atoms. The van der Waals surface area contributed by atoms with Crippen molar-refractivity contribution in [3.8, 4) is 5.69 Å². The standard InChI is InChI=1S/C9H6ClN3O3/c10-6-1-2-7(13(15)16)8(5-6)12-4-3-11-9(12)14/h1-5H,(H,11,14). The summed E-state index contributed by atoms with van der Waals surface area (Å²) in [6.07, 6.45) is 2.80. The third-order valence-corrected chi connectivity index (χ3v) is 2.28. The van der Waals surface area contributed by atoms with Crippen LogP contribution < -0.4 is 5.69 Å². The molecule has 0 aliphatic heterocycles. The van der Waals surface area contributed by atoms with Crippen molar-refractivity contribution in [3.05, 3.63) is 56.2 Å². The van der Waals surface area contributed by atoms with Crippen molar-refractivity contribution in [3.63, 3.8) is 0 Å². The quantitative estimate of drug-likeness (QED) is 0.640. The number of imidazole rings is 1. The molecular formula is C9H6ClN3O3. The summed E-state index contributed by atoms with van der Waals surface area (Å²) < 4.78 is 1.13. The number of rotatable bonds is 2. The summed E-state index contributed by atoms with van der Waals surface area (Å²) in [7, 11) is 0. The van der Waals surface area contributed by atoms with Crippen molar-refractivity contribution >= 4 is 17.3 Å². The number of aromatic amines is 1. The van der Waals surface area contributed by atoms with Crippen molar-refractivity contribution in [2.75, 3.05) is 0 Å². The molecule has 82 valence electrons. The molecule has 0 fully saturated rings. The Kier molecular flexibility index (Phi) is 2.49. The van der Waals surface area contributed by atoms with E-state index < -0.39 is 10.6 Å². The van der Waals surface area contributed by atoms with E-state index in [-0.39, 0.29) is 11.4 Å². The maximum atomic E-state index is 11.3. The summed E-state index contributed by atoms with van der Waals surface area (Å²) in [5, 5.41) is 11.1. The largest absolute Gasteiger partial charge is 0.330 e. The van der Waals surface area contributed by atoms with Crippen LogP contribution >= 0.6 is 11.6 Å². The van der Waals surface area contributed by atoms with Crippen molar-refractivity contribution in [1.29, 1.82) is 0 Å². The first kappa shape index (κ1) is 10.4. The van der Waals surface area contributed by atoms with E-state index in [1.165, 1.54) is 30.6 Å². The van der Waals surface area contributed by atoms with Crippen LogP contribution in [-0.2, 0) is 0 Å². The maximum Gasteiger partial charge on any atom is 0.330 e. The molecule has 0 unspecified atom stereocenters. The lowest BCUT2D eigenvalue weighted by Crippen LogP contribution is -2.15. The molecule has 7 heteroatoms. The Morgan fingerprint density at radius 1 is 1.44 bits per heavy atom. The van der Waals surface area contributed by atoms with E-state index in [1.807, 2.05) is 0 Å². The van der Waals surface area contributed by atoms with Gasteiger partial charge in [0.1, 0.15) is 5.69 Å².